The topological polar surface area (TPSA) is 4.93 Å². The Morgan fingerprint density at radius 3 is 2.27 bits per heavy atom. The lowest BCUT2D eigenvalue weighted by atomic mass is 10.2. The van der Waals surface area contributed by atoms with Gasteiger partial charge in [0.1, 0.15) is 0 Å². The third-order valence-electron chi connectivity index (χ3n) is 1.66. The third kappa shape index (κ3) is 2.33. The first-order valence-electron chi connectivity index (χ1n) is 3.60. The summed E-state index contributed by atoms with van der Waals surface area (Å²) >= 11 is 0. The smallest absolute Gasteiger partial charge is 0.240 e. The predicted octanol–water partition coefficient (Wildman–Crippen LogP) is 2.70. The van der Waals surface area contributed by atoms with Crippen LogP contribution in [0.25, 0.3) is 0 Å². The zero-order valence-electron chi connectivity index (χ0n) is 6.37. The van der Waals surface area contributed by atoms with E-state index in [0.29, 0.717) is 0 Å². The Bertz CT molecular complexity index is 194. The summed E-state index contributed by atoms with van der Waals surface area (Å²) in [5.41, 5.74) is 0. The molecule has 1 aromatic heterocycles. The van der Waals surface area contributed by atoms with Gasteiger partial charge in [-0.2, -0.15) is 0 Å². The summed E-state index contributed by atoms with van der Waals surface area (Å²) in [6.07, 6.45) is 1.31. The van der Waals surface area contributed by atoms with Gasteiger partial charge in [-0.3, -0.25) is 0 Å². The predicted molar refractivity (Wildman–Crippen MR) is 39.8 cm³/mol. The van der Waals surface area contributed by atoms with Gasteiger partial charge in [0.25, 0.3) is 0 Å². The normalized spacial score (nSPS) is 13.8. The Labute approximate surface area is 64.6 Å². The molecule has 0 radical (unpaired) electrons. The van der Waals surface area contributed by atoms with Crippen LogP contribution in [0.2, 0.25) is 0 Å². The number of rotatable bonds is 3. The van der Waals surface area contributed by atoms with Crippen molar-refractivity contribution in [3.63, 3.8) is 0 Å². The van der Waals surface area contributed by atoms with Gasteiger partial charge in [-0.05, 0) is 19.1 Å². The fraction of sp³-hybridized carbons (Fsp3) is 0.500. The Morgan fingerprint density at radius 2 is 1.82 bits per heavy atom. The van der Waals surface area contributed by atoms with Crippen molar-refractivity contribution in [3.8, 4) is 0 Å². The van der Waals surface area contributed by atoms with E-state index in [9.17, 15) is 8.78 Å². The number of aromatic nitrogens is 1. The van der Waals surface area contributed by atoms with Gasteiger partial charge in [0.2, 0.25) is 6.43 Å². The quantitative estimate of drug-likeness (QED) is 0.639. The lowest BCUT2D eigenvalue weighted by Gasteiger charge is -2.11. The third-order valence-corrected chi connectivity index (χ3v) is 1.66. The van der Waals surface area contributed by atoms with Gasteiger partial charge in [0, 0.05) is 24.9 Å². The second-order valence-electron chi connectivity index (χ2n) is 2.61. The van der Waals surface area contributed by atoms with Crippen LogP contribution in [0.1, 0.15) is 19.4 Å². The summed E-state index contributed by atoms with van der Waals surface area (Å²) in [5, 5.41) is 0. The Kier molecular flexibility index (Phi) is 2.63. The summed E-state index contributed by atoms with van der Waals surface area (Å²) in [7, 11) is 0. The van der Waals surface area contributed by atoms with E-state index < -0.39 is 6.43 Å². The summed E-state index contributed by atoms with van der Waals surface area (Å²) in [6.45, 7) is 1.78. The number of halogens is 2. The lowest BCUT2D eigenvalue weighted by molar-refractivity contribution is 0.120. The summed E-state index contributed by atoms with van der Waals surface area (Å²) < 4.78 is 25.5. The standard InChI is InChI=1S/C8H11F2N/c1-7(6-8(9)10)11-4-2-3-5-11/h2-5,7-8H,6H2,1H3. The van der Waals surface area contributed by atoms with Crippen molar-refractivity contribution in [1.82, 2.24) is 4.57 Å². The van der Waals surface area contributed by atoms with E-state index in [1.54, 1.807) is 23.9 Å². The van der Waals surface area contributed by atoms with Crippen LogP contribution in [-0.2, 0) is 0 Å². The van der Waals surface area contributed by atoms with Crippen molar-refractivity contribution in [2.75, 3.05) is 0 Å². The van der Waals surface area contributed by atoms with Gasteiger partial charge < -0.3 is 4.57 Å². The maximum Gasteiger partial charge on any atom is 0.240 e. The van der Waals surface area contributed by atoms with Crippen LogP contribution in [-0.4, -0.2) is 11.0 Å². The van der Waals surface area contributed by atoms with Crippen molar-refractivity contribution in [3.05, 3.63) is 24.5 Å². The second-order valence-corrected chi connectivity index (χ2v) is 2.61. The molecule has 0 saturated carbocycles. The molecule has 62 valence electrons. The molecule has 0 fully saturated rings. The first-order chi connectivity index (χ1) is 5.20. The number of hydrogen-bond donors (Lipinski definition) is 0. The molecule has 0 aliphatic heterocycles. The van der Waals surface area contributed by atoms with Crippen LogP contribution in [0.5, 0.6) is 0 Å². The molecule has 0 aliphatic carbocycles. The zero-order chi connectivity index (χ0) is 8.27. The Hall–Kier alpha value is -0.860. The average molecular weight is 159 g/mol. The Morgan fingerprint density at radius 1 is 1.27 bits per heavy atom. The van der Waals surface area contributed by atoms with E-state index in [2.05, 4.69) is 0 Å². The maximum atomic E-state index is 11.9. The second kappa shape index (κ2) is 3.51. The molecule has 0 spiro atoms. The minimum atomic E-state index is -2.22. The first-order valence-corrected chi connectivity index (χ1v) is 3.60. The highest BCUT2D eigenvalue weighted by atomic mass is 19.3. The lowest BCUT2D eigenvalue weighted by Crippen LogP contribution is -2.06. The SMILES string of the molecule is CC(CC(F)F)n1cccc1. The van der Waals surface area contributed by atoms with E-state index >= 15 is 0 Å². The van der Waals surface area contributed by atoms with Crippen molar-refractivity contribution in [1.29, 1.82) is 0 Å². The van der Waals surface area contributed by atoms with Gasteiger partial charge in [-0.25, -0.2) is 8.78 Å². The van der Waals surface area contributed by atoms with E-state index in [0.717, 1.165) is 0 Å². The van der Waals surface area contributed by atoms with E-state index in [4.69, 9.17) is 0 Å². The molecule has 1 unspecified atom stereocenters. The molecule has 1 heterocycles. The van der Waals surface area contributed by atoms with Crippen molar-refractivity contribution >= 4 is 0 Å². The minimum Gasteiger partial charge on any atom is -0.351 e. The summed E-state index contributed by atoms with van der Waals surface area (Å²) in [5.74, 6) is 0. The highest BCUT2D eigenvalue weighted by Crippen LogP contribution is 2.15. The van der Waals surface area contributed by atoms with Crippen LogP contribution < -0.4 is 0 Å². The average Bonchev–Trinajstić information content (AvgIpc) is 2.35. The molecular formula is C8H11F2N. The van der Waals surface area contributed by atoms with E-state index in [1.807, 2.05) is 12.1 Å². The number of alkyl halides is 2. The molecule has 11 heavy (non-hydrogen) atoms. The molecule has 1 nitrogen and oxygen atoms in total. The van der Waals surface area contributed by atoms with Crippen LogP contribution in [0, 0.1) is 0 Å². The molecule has 0 amide bonds. The van der Waals surface area contributed by atoms with Crippen molar-refractivity contribution in [2.45, 2.75) is 25.8 Å². The molecule has 3 heteroatoms. The van der Waals surface area contributed by atoms with Gasteiger partial charge in [0.15, 0.2) is 0 Å². The number of nitrogens with zero attached hydrogens (tertiary/aromatic N) is 1. The largest absolute Gasteiger partial charge is 0.351 e. The molecule has 1 aromatic rings. The zero-order valence-corrected chi connectivity index (χ0v) is 6.37. The highest BCUT2D eigenvalue weighted by Gasteiger charge is 2.10. The number of hydrogen-bond acceptors (Lipinski definition) is 0. The van der Waals surface area contributed by atoms with Crippen molar-refractivity contribution < 1.29 is 8.78 Å². The van der Waals surface area contributed by atoms with Gasteiger partial charge in [-0.15, -0.1) is 0 Å². The molecule has 0 aromatic carbocycles. The molecule has 0 N–H and O–H groups in total. The highest BCUT2D eigenvalue weighted by molar-refractivity contribution is 4.92. The minimum absolute atomic E-state index is 0.0747. The molecule has 0 aliphatic rings. The van der Waals surface area contributed by atoms with Crippen LogP contribution >= 0.6 is 0 Å². The Balaban J connectivity index is 2.49. The van der Waals surface area contributed by atoms with Gasteiger partial charge in [0.05, 0.1) is 0 Å². The molecule has 0 bridgehead atoms. The maximum absolute atomic E-state index is 11.9. The van der Waals surface area contributed by atoms with Crippen LogP contribution in [0.4, 0.5) is 8.78 Å². The summed E-state index contributed by atoms with van der Waals surface area (Å²) in [4.78, 5) is 0. The van der Waals surface area contributed by atoms with Gasteiger partial charge >= 0.3 is 0 Å². The fourth-order valence-corrected chi connectivity index (χ4v) is 1.02. The molecular weight excluding hydrogens is 148 g/mol. The fourth-order valence-electron chi connectivity index (χ4n) is 1.02. The van der Waals surface area contributed by atoms with Gasteiger partial charge in [-0.1, -0.05) is 0 Å². The van der Waals surface area contributed by atoms with Crippen LogP contribution in [0.15, 0.2) is 24.5 Å². The van der Waals surface area contributed by atoms with Crippen LogP contribution in [0.3, 0.4) is 0 Å². The van der Waals surface area contributed by atoms with E-state index in [-0.39, 0.29) is 12.5 Å². The first kappa shape index (κ1) is 8.24. The summed E-state index contributed by atoms with van der Waals surface area (Å²) in [6, 6.07) is 3.56. The van der Waals surface area contributed by atoms with E-state index in [1.165, 1.54) is 0 Å². The van der Waals surface area contributed by atoms with Crippen molar-refractivity contribution in [2.24, 2.45) is 0 Å². The monoisotopic (exact) mass is 159 g/mol. The molecule has 1 rings (SSSR count). The molecule has 1 atom stereocenters. The molecule has 0 saturated heterocycles.